The Morgan fingerprint density at radius 2 is 2.25 bits per heavy atom. The lowest BCUT2D eigenvalue weighted by Gasteiger charge is -2.01. The second-order valence-electron chi connectivity index (χ2n) is 2.05. The smallest absolute Gasteiger partial charge is 0.324 e. The molecule has 0 bridgehead atoms. The van der Waals surface area contributed by atoms with Crippen LogP contribution in [0.25, 0.3) is 0 Å². The molecule has 0 aromatic heterocycles. The number of hydrogen-bond donors (Lipinski definition) is 0. The first-order valence-electron chi connectivity index (χ1n) is 3.13. The minimum atomic E-state index is -0.444. The highest BCUT2D eigenvalue weighted by atomic mass is 127. The molecule has 1 aromatic rings. The summed E-state index contributed by atoms with van der Waals surface area (Å²) >= 11 is 1.90. The lowest BCUT2D eigenvalue weighted by atomic mass is 10.3. The van der Waals surface area contributed by atoms with Crippen LogP contribution in [0.1, 0.15) is 0 Å². The Balaban J connectivity index is 3.29. The van der Waals surface area contributed by atoms with Crippen molar-refractivity contribution in [3.63, 3.8) is 0 Å². The van der Waals surface area contributed by atoms with Crippen molar-refractivity contribution in [1.82, 2.24) is 0 Å². The van der Waals surface area contributed by atoms with E-state index in [1.807, 2.05) is 22.6 Å². The van der Waals surface area contributed by atoms with Crippen LogP contribution in [-0.2, 0) is 0 Å². The van der Waals surface area contributed by atoms with Crippen LogP contribution in [0.15, 0.2) is 18.2 Å². The van der Waals surface area contributed by atoms with Gasteiger partial charge in [0.2, 0.25) is 0 Å². The summed E-state index contributed by atoms with van der Waals surface area (Å²) < 4.78 is 5.42. The first kappa shape index (κ1) is 9.24. The molecule has 0 aliphatic carbocycles. The third-order valence-corrected chi connectivity index (χ3v) is 2.22. The zero-order valence-electron chi connectivity index (χ0n) is 6.28. The van der Waals surface area contributed by atoms with Gasteiger partial charge in [0.1, 0.15) is 0 Å². The monoisotopic (exact) mass is 279 g/mol. The number of halogens is 1. The summed E-state index contributed by atoms with van der Waals surface area (Å²) in [5.41, 5.74) is 0.0283. The Bertz CT molecular complexity index is 314. The number of methoxy groups -OCH3 is 1. The van der Waals surface area contributed by atoms with Crippen LogP contribution < -0.4 is 4.74 Å². The molecule has 0 radical (unpaired) electrons. The van der Waals surface area contributed by atoms with Gasteiger partial charge >= 0.3 is 5.69 Å². The molecule has 0 amide bonds. The highest BCUT2D eigenvalue weighted by molar-refractivity contribution is 14.1. The number of nitro benzene ring substituents is 1. The minimum absolute atomic E-state index is 0.0283. The minimum Gasteiger partial charge on any atom is -0.490 e. The van der Waals surface area contributed by atoms with Gasteiger partial charge in [0, 0.05) is 0 Å². The summed E-state index contributed by atoms with van der Waals surface area (Å²) in [4.78, 5) is 10.1. The fourth-order valence-corrected chi connectivity index (χ4v) is 1.51. The Kier molecular flexibility index (Phi) is 2.85. The summed E-state index contributed by atoms with van der Waals surface area (Å²) in [6.07, 6.45) is 0. The van der Waals surface area contributed by atoms with Crippen LogP contribution in [0.2, 0.25) is 0 Å². The maximum absolute atomic E-state index is 10.5. The van der Waals surface area contributed by atoms with Crippen molar-refractivity contribution in [2.45, 2.75) is 0 Å². The van der Waals surface area contributed by atoms with Gasteiger partial charge in [-0.3, -0.25) is 10.1 Å². The van der Waals surface area contributed by atoms with Crippen molar-refractivity contribution < 1.29 is 9.66 Å². The Hall–Kier alpha value is -0.850. The van der Waals surface area contributed by atoms with E-state index < -0.39 is 4.92 Å². The molecule has 0 aliphatic rings. The third-order valence-electron chi connectivity index (χ3n) is 1.35. The standard InChI is InChI=1S/C7H6INO3/c1-12-6-4-2-3-5(8)7(6)9(10)11/h2-4H,1H3. The lowest BCUT2D eigenvalue weighted by molar-refractivity contribution is -0.386. The molecule has 0 spiro atoms. The quantitative estimate of drug-likeness (QED) is 0.474. The van der Waals surface area contributed by atoms with E-state index in [-0.39, 0.29) is 5.69 Å². The molecular weight excluding hydrogens is 273 g/mol. The molecule has 0 unspecified atom stereocenters. The van der Waals surface area contributed by atoms with E-state index in [2.05, 4.69) is 0 Å². The molecule has 1 rings (SSSR count). The molecule has 4 nitrogen and oxygen atoms in total. The van der Waals surface area contributed by atoms with Crippen molar-refractivity contribution in [2.24, 2.45) is 0 Å². The molecule has 0 aliphatic heterocycles. The second-order valence-corrected chi connectivity index (χ2v) is 3.21. The third kappa shape index (κ3) is 1.66. The number of hydrogen-bond acceptors (Lipinski definition) is 3. The molecule has 0 heterocycles. The van der Waals surface area contributed by atoms with Crippen LogP contribution in [0.3, 0.4) is 0 Å². The highest BCUT2D eigenvalue weighted by Crippen LogP contribution is 2.30. The lowest BCUT2D eigenvalue weighted by Crippen LogP contribution is -1.95. The van der Waals surface area contributed by atoms with Crippen molar-refractivity contribution in [2.75, 3.05) is 7.11 Å². The van der Waals surface area contributed by atoms with E-state index in [1.165, 1.54) is 7.11 Å². The number of nitro groups is 1. The Morgan fingerprint density at radius 3 is 2.67 bits per heavy atom. The Labute approximate surface area is 82.8 Å². The van der Waals surface area contributed by atoms with E-state index >= 15 is 0 Å². The molecule has 0 saturated carbocycles. The van der Waals surface area contributed by atoms with Gasteiger partial charge in [0.05, 0.1) is 15.6 Å². The second kappa shape index (κ2) is 3.70. The predicted octanol–water partition coefficient (Wildman–Crippen LogP) is 2.21. The average molecular weight is 279 g/mol. The summed E-state index contributed by atoms with van der Waals surface area (Å²) in [7, 11) is 1.42. The number of para-hydroxylation sites is 1. The first-order chi connectivity index (χ1) is 5.66. The summed E-state index contributed by atoms with van der Waals surface area (Å²) in [5, 5.41) is 10.5. The number of benzene rings is 1. The summed E-state index contributed by atoms with van der Waals surface area (Å²) in [6, 6.07) is 4.95. The number of nitrogens with zero attached hydrogens (tertiary/aromatic N) is 1. The van der Waals surface area contributed by atoms with Gasteiger partial charge in [-0.2, -0.15) is 0 Å². The topological polar surface area (TPSA) is 52.4 Å². The van der Waals surface area contributed by atoms with Gasteiger partial charge in [-0.1, -0.05) is 6.07 Å². The van der Waals surface area contributed by atoms with Crippen molar-refractivity contribution in [3.8, 4) is 5.75 Å². The molecular formula is C7H6INO3. The largest absolute Gasteiger partial charge is 0.490 e. The molecule has 5 heteroatoms. The van der Waals surface area contributed by atoms with E-state index in [9.17, 15) is 10.1 Å². The molecule has 1 aromatic carbocycles. The Morgan fingerprint density at radius 1 is 1.58 bits per heavy atom. The van der Waals surface area contributed by atoms with Gasteiger partial charge in [-0.25, -0.2) is 0 Å². The number of rotatable bonds is 2. The van der Waals surface area contributed by atoms with Gasteiger partial charge < -0.3 is 4.74 Å². The fourth-order valence-electron chi connectivity index (χ4n) is 0.837. The highest BCUT2D eigenvalue weighted by Gasteiger charge is 2.17. The van der Waals surface area contributed by atoms with Gasteiger partial charge in [0.25, 0.3) is 0 Å². The zero-order valence-corrected chi connectivity index (χ0v) is 8.44. The molecule has 0 N–H and O–H groups in total. The molecule has 64 valence electrons. The molecule has 12 heavy (non-hydrogen) atoms. The maximum atomic E-state index is 10.5. The number of ether oxygens (including phenoxy) is 1. The van der Waals surface area contributed by atoms with Crippen LogP contribution in [0.4, 0.5) is 5.69 Å². The van der Waals surface area contributed by atoms with E-state index in [0.717, 1.165) is 0 Å². The molecule has 0 saturated heterocycles. The summed E-state index contributed by atoms with van der Waals surface area (Å²) in [6.45, 7) is 0. The summed E-state index contributed by atoms with van der Waals surface area (Å²) in [5.74, 6) is 0.298. The van der Waals surface area contributed by atoms with E-state index in [0.29, 0.717) is 9.32 Å². The van der Waals surface area contributed by atoms with Crippen molar-refractivity contribution in [3.05, 3.63) is 31.9 Å². The maximum Gasteiger partial charge on any atom is 0.324 e. The fraction of sp³-hybridized carbons (Fsp3) is 0.143. The normalized spacial score (nSPS) is 9.50. The van der Waals surface area contributed by atoms with E-state index in [4.69, 9.17) is 4.74 Å². The molecule has 0 fully saturated rings. The zero-order chi connectivity index (χ0) is 9.14. The van der Waals surface area contributed by atoms with Crippen LogP contribution in [-0.4, -0.2) is 12.0 Å². The van der Waals surface area contributed by atoms with Crippen molar-refractivity contribution in [1.29, 1.82) is 0 Å². The van der Waals surface area contributed by atoms with Gasteiger partial charge in [-0.05, 0) is 34.7 Å². The SMILES string of the molecule is COc1cccc(I)c1[N+](=O)[O-]. The van der Waals surface area contributed by atoms with Crippen LogP contribution in [0.5, 0.6) is 5.75 Å². The van der Waals surface area contributed by atoms with Crippen LogP contribution in [0, 0.1) is 13.7 Å². The molecule has 0 atom stereocenters. The van der Waals surface area contributed by atoms with E-state index in [1.54, 1.807) is 18.2 Å². The van der Waals surface area contributed by atoms with Crippen LogP contribution >= 0.6 is 22.6 Å². The average Bonchev–Trinajstić information content (AvgIpc) is 2.03. The first-order valence-corrected chi connectivity index (χ1v) is 4.21. The van der Waals surface area contributed by atoms with Crippen molar-refractivity contribution >= 4 is 28.3 Å². The predicted molar refractivity (Wildman–Crippen MR) is 52.4 cm³/mol. The van der Waals surface area contributed by atoms with Gasteiger partial charge in [-0.15, -0.1) is 0 Å². The van der Waals surface area contributed by atoms with Gasteiger partial charge in [0.15, 0.2) is 5.75 Å².